The predicted octanol–water partition coefficient (Wildman–Crippen LogP) is 5.00. The van der Waals surface area contributed by atoms with Crippen LogP contribution >= 0.6 is 27.5 Å². The summed E-state index contributed by atoms with van der Waals surface area (Å²) in [7, 11) is 1.50. The lowest BCUT2D eigenvalue weighted by atomic mass is 10.2. The average molecular weight is 358 g/mol. The molecule has 0 aliphatic rings. The fraction of sp³-hybridized carbons (Fsp3) is 0.0714. The highest BCUT2D eigenvalue weighted by Crippen LogP contribution is 2.32. The smallest absolute Gasteiger partial charge is 0.173 e. The van der Waals surface area contributed by atoms with Gasteiger partial charge < -0.3 is 10.1 Å². The lowest BCUT2D eigenvalue weighted by Crippen LogP contribution is -1.99. The summed E-state index contributed by atoms with van der Waals surface area (Å²) in [6.45, 7) is 0. The Morgan fingerprint density at radius 2 is 2.20 bits per heavy atom. The number of rotatable bonds is 4. The summed E-state index contributed by atoms with van der Waals surface area (Å²) in [6, 6.07) is 6.89. The number of halogens is 3. The van der Waals surface area contributed by atoms with Crippen molar-refractivity contribution < 1.29 is 9.13 Å². The molecule has 0 amide bonds. The molecule has 1 aromatic heterocycles. The lowest BCUT2D eigenvalue weighted by Gasteiger charge is -2.10. The molecule has 1 N–H and O–H groups in total. The van der Waals surface area contributed by atoms with Crippen LogP contribution in [0.15, 0.2) is 41.2 Å². The third kappa shape index (κ3) is 3.29. The number of benzene rings is 1. The second-order valence-corrected chi connectivity index (χ2v) is 5.06. The summed E-state index contributed by atoms with van der Waals surface area (Å²) in [6.07, 6.45) is 4.42. The van der Waals surface area contributed by atoms with E-state index in [-0.39, 0.29) is 5.82 Å². The van der Waals surface area contributed by atoms with Gasteiger partial charge in [-0.1, -0.05) is 17.7 Å². The number of pyridine rings is 1. The van der Waals surface area contributed by atoms with Crippen molar-refractivity contribution >= 4 is 45.1 Å². The molecule has 0 radical (unpaired) electrons. The van der Waals surface area contributed by atoms with E-state index in [0.717, 1.165) is 4.47 Å². The highest BCUT2D eigenvalue weighted by molar-refractivity contribution is 9.10. The molecule has 0 atom stereocenters. The van der Waals surface area contributed by atoms with E-state index < -0.39 is 5.82 Å². The molecule has 0 fully saturated rings. The van der Waals surface area contributed by atoms with E-state index in [1.807, 2.05) is 0 Å². The third-order valence-corrected chi connectivity index (χ3v) is 3.80. The maximum Gasteiger partial charge on any atom is 0.173 e. The molecule has 20 heavy (non-hydrogen) atoms. The Morgan fingerprint density at radius 3 is 2.95 bits per heavy atom. The van der Waals surface area contributed by atoms with E-state index in [4.69, 9.17) is 16.3 Å². The average Bonchev–Trinajstić information content (AvgIpc) is 2.44. The van der Waals surface area contributed by atoms with Crippen LogP contribution in [0.5, 0.6) is 0 Å². The molecule has 0 bridgehead atoms. The summed E-state index contributed by atoms with van der Waals surface area (Å²) in [5.74, 6) is -0.375. The molecular weight excluding hydrogens is 347 g/mol. The van der Waals surface area contributed by atoms with Gasteiger partial charge in [-0.05, 0) is 40.2 Å². The number of aromatic nitrogens is 1. The van der Waals surface area contributed by atoms with Crippen LogP contribution in [0.25, 0.3) is 6.08 Å². The Bertz CT molecular complexity index is 649. The molecule has 0 spiro atoms. The minimum Gasteiger partial charge on any atom is -0.504 e. The molecule has 0 saturated heterocycles. The maximum absolute atomic E-state index is 14.2. The number of ether oxygens (including phenoxy) is 1. The van der Waals surface area contributed by atoms with E-state index >= 15 is 0 Å². The van der Waals surface area contributed by atoms with Crippen molar-refractivity contribution in [2.24, 2.45) is 0 Å². The number of hydrogen-bond acceptors (Lipinski definition) is 3. The first kappa shape index (κ1) is 14.8. The van der Waals surface area contributed by atoms with Crippen LogP contribution in [0.4, 0.5) is 15.9 Å². The number of methoxy groups -OCH3 is 1. The van der Waals surface area contributed by atoms with E-state index in [2.05, 4.69) is 26.2 Å². The van der Waals surface area contributed by atoms with Crippen LogP contribution in [-0.4, -0.2) is 12.1 Å². The molecule has 2 rings (SSSR count). The highest BCUT2D eigenvalue weighted by atomic mass is 79.9. The van der Waals surface area contributed by atoms with Crippen molar-refractivity contribution in [1.82, 2.24) is 4.98 Å². The zero-order valence-electron chi connectivity index (χ0n) is 10.5. The van der Waals surface area contributed by atoms with Crippen LogP contribution in [-0.2, 0) is 4.74 Å². The van der Waals surface area contributed by atoms with Crippen LogP contribution in [0.2, 0.25) is 5.02 Å². The molecule has 6 heteroatoms. The molecular formula is C14H11BrClFN2O. The summed E-state index contributed by atoms with van der Waals surface area (Å²) in [4.78, 5) is 3.98. The summed E-state index contributed by atoms with van der Waals surface area (Å²) in [5.41, 5.74) is 0.941. The first-order valence-electron chi connectivity index (χ1n) is 5.68. The van der Waals surface area contributed by atoms with Gasteiger partial charge in [-0.25, -0.2) is 9.37 Å². The largest absolute Gasteiger partial charge is 0.504 e. The monoisotopic (exact) mass is 356 g/mol. The Morgan fingerprint density at radius 1 is 1.40 bits per heavy atom. The minimum absolute atomic E-state index is 0.100. The summed E-state index contributed by atoms with van der Waals surface area (Å²) >= 11 is 9.44. The van der Waals surface area contributed by atoms with E-state index in [0.29, 0.717) is 16.3 Å². The third-order valence-electron chi connectivity index (χ3n) is 2.51. The Balaban J connectivity index is 2.34. The number of nitrogens with one attached hydrogen (secondary N) is 1. The van der Waals surface area contributed by atoms with Gasteiger partial charge in [0.1, 0.15) is 0 Å². The second kappa shape index (κ2) is 6.72. The number of anilines is 2. The zero-order valence-corrected chi connectivity index (χ0v) is 12.9. The van der Waals surface area contributed by atoms with Crippen LogP contribution in [0.1, 0.15) is 5.56 Å². The standard InChI is InChI=1S/C14H11BrClFN2O/c1-20-8-6-9-5-7-18-14(13(9)17)19-11-4-2-3-10(15)12(11)16/h2-8H,1H3,(H,18,19). The van der Waals surface area contributed by atoms with Gasteiger partial charge in [-0.2, -0.15) is 0 Å². The topological polar surface area (TPSA) is 34.1 Å². The van der Waals surface area contributed by atoms with E-state index in [1.54, 1.807) is 24.3 Å². The van der Waals surface area contributed by atoms with Crippen molar-refractivity contribution in [3.8, 4) is 0 Å². The van der Waals surface area contributed by atoms with Gasteiger partial charge in [-0.3, -0.25) is 0 Å². The normalized spacial score (nSPS) is 10.8. The van der Waals surface area contributed by atoms with Gasteiger partial charge in [0.25, 0.3) is 0 Å². The molecule has 0 aliphatic heterocycles. The lowest BCUT2D eigenvalue weighted by molar-refractivity contribution is 0.341. The molecule has 1 aromatic carbocycles. The first-order chi connectivity index (χ1) is 9.63. The fourth-order valence-electron chi connectivity index (χ4n) is 1.54. The molecule has 0 aliphatic carbocycles. The van der Waals surface area contributed by atoms with Gasteiger partial charge in [0.2, 0.25) is 0 Å². The van der Waals surface area contributed by atoms with Gasteiger partial charge >= 0.3 is 0 Å². The second-order valence-electron chi connectivity index (χ2n) is 3.83. The van der Waals surface area contributed by atoms with Crippen molar-refractivity contribution in [1.29, 1.82) is 0 Å². The molecule has 104 valence electrons. The minimum atomic E-state index is -0.475. The van der Waals surface area contributed by atoms with Crippen LogP contribution in [0, 0.1) is 5.82 Å². The number of nitrogens with zero attached hydrogens (tertiary/aromatic N) is 1. The number of hydrogen-bond donors (Lipinski definition) is 1. The van der Waals surface area contributed by atoms with Crippen LogP contribution < -0.4 is 5.32 Å². The Labute approximate surface area is 129 Å². The van der Waals surface area contributed by atoms with Crippen molar-refractivity contribution in [2.45, 2.75) is 0 Å². The van der Waals surface area contributed by atoms with Gasteiger partial charge in [0.15, 0.2) is 11.6 Å². The van der Waals surface area contributed by atoms with Gasteiger partial charge in [-0.15, -0.1) is 0 Å². The molecule has 3 nitrogen and oxygen atoms in total. The van der Waals surface area contributed by atoms with Crippen LogP contribution in [0.3, 0.4) is 0 Å². The van der Waals surface area contributed by atoms with Gasteiger partial charge in [0, 0.05) is 16.2 Å². The SMILES string of the molecule is COC=Cc1ccnc(Nc2cccc(Br)c2Cl)c1F. The van der Waals surface area contributed by atoms with Crippen molar-refractivity contribution in [3.63, 3.8) is 0 Å². The van der Waals surface area contributed by atoms with E-state index in [1.165, 1.54) is 25.6 Å². The molecule has 2 aromatic rings. The fourth-order valence-corrected chi connectivity index (χ4v) is 2.08. The molecule has 1 heterocycles. The predicted molar refractivity (Wildman–Crippen MR) is 82.7 cm³/mol. The molecule has 0 unspecified atom stereocenters. The van der Waals surface area contributed by atoms with Crippen molar-refractivity contribution in [3.05, 3.63) is 57.6 Å². The van der Waals surface area contributed by atoms with Gasteiger partial charge in [0.05, 0.1) is 24.1 Å². The Kier molecular flexibility index (Phi) is 4.98. The summed E-state index contributed by atoms with van der Waals surface area (Å²) < 4.78 is 19.7. The van der Waals surface area contributed by atoms with Crippen molar-refractivity contribution in [2.75, 3.05) is 12.4 Å². The zero-order chi connectivity index (χ0) is 14.5. The maximum atomic E-state index is 14.2. The highest BCUT2D eigenvalue weighted by Gasteiger charge is 2.10. The van der Waals surface area contributed by atoms with E-state index in [9.17, 15) is 4.39 Å². The summed E-state index contributed by atoms with van der Waals surface area (Å²) in [5, 5.41) is 3.34. The Hall–Kier alpha value is -1.59. The quantitative estimate of drug-likeness (QED) is 0.782. The molecule has 0 saturated carbocycles. The first-order valence-corrected chi connectivity index (χ1v) is 6.85.